The fraction of sp³-hybridized carbons (Fsp3) is 1.00. The summed E-state index contributed by atoms with van der Waals surface area (Å²) in [4.78, 5) is 0.267. The van der Waals surface area contributed by atoms with Crippen LogP contribution in [-0.4, -0.2) is 29.4 Å². The number of hydrogen-bond donors (Lipinski definition) is 1. The van der Waals surface area contributed by atoms with Crippen molar-refractivity contribution in [1.29, 1.82) is 0 Å². The second kappa shape index (κ2) is 2.38. The first kappa shape index (κ1) is 7.90. The molecule has 2 rings (SSSR count). The Morgan fingerprint density at radius 1 is 1.45 bits per heavy atom. The van der Waals surface area contributed by atoms with E-state index in [4.69, 9.17) is 4.74 Å². The second-order valence-electron chi connectivity index (χ2n) is 4.09. The molecule has 11 heavy (non-hydrogen) atoms. The summed E-state index contributed by atoms with van der Waals surface area (Å²) in [6.07, 6.45) is 1.17. The van der Waals surface area contributed by atoms with Gasteiger partial charge in [-0.3, -0.25) is 5.32 Å². The highest BCUT2D eigenvalue weighted by molar-refractivity contribution is 8.01. The molecule has 2 aliphatic rings. The Kier molecular flexibility index (Phi) is 1.71. The fourth-order valence-corrected chi connectivity index (χ4v) is 3.22. The number of hydrogen-bond acceptors (Lipinski definition) is 3. The Balaban J connectivity index is 2.07. The van der Waals surface area contributed by atoms with Gasteiger partial charge in [-0.1, -0.05) is 0 Å². The summed E-state index contributed by atoms with van der Waals surface area (Å²) in [5, 5.41) is 3.64. The first-order valence-electron chi connectivity index (χ1n) is 4.13. The molecule has 2 fully saturated rings. The van der Waals surface area contributed by atoms with Crippen LogP contribution >= 0.6 is 11.8 Å². The molecule has 2 aliphatic heterocycles. The van der Waals surface area contributed by atoms with Gasteiger partial charge >= 0.3 is 0 Å². The van der Waals surface area contributed by atoms with Gasteiger partial charge in [0.1, 0.15) is 0 Å². The lowest BCUT2D eigenvalue weighted by Gasteiger charge is -2.25. The quantitative estimate of drug-likeness (QED) is 0.595. The minimum Gasteiger partial charge on any atom is -0.379 e. The van der Waals surface area contributed by atoms with Crippen molar-refractivity contribution in [2.75, 3.05) is 19.0 Å². The van der Waals surface area contributed by atoms with E-state index < -0.39 is 0 Å². The van der Waals surface area contributed by atoms with Gasteiger partial charge < -0.3 is 4.74 Å². The normalized spacial score (nSPS) is 42.0. The lowest BCUT2D eigenvalue weighted by Crippen LogP contribution is -2.47. The van der Waals surface area contributed by atoms with E-state index in [0.717, 1.165) is 13.2 Å². The van der Waals surface area contributed by atoms with E-state index in [2.05, 4.69) is 19.2 Å². The molecule has 0 aromatic heterocycles. The van der Waals surface area contributed by atoms with Crippen molar-refractivity contribution in [3.63, 3.8) is 0 Å². The van der Waals surface area contributed by atoms with E-state index in [1.54, 1.807) is 0 Å². The molecule has 2 nitrogen and oxygen atoms in total. The van der Waals surface area contributed by atoms with Crippen LogP contribution in [0.15, 0.2) is 0 Å². The fourth-order valence-electron chi connectivity index (χ4n) is 1.77. The van der Waals surface area contributed by atoms with Crippen molar-refractivity contribution in [1.82, 2.24) is 5.32 Å². The van der Waals surface area contributed by atoms with Crippen LogP contribution < -0.4 is 5.32 Å². The molecule has 0 aromatic rings. The summed E-state index contributed by atoms with van der Waals surface area (Å²) in [6, 6.07) is 0. The van der Waals surface area contributed by atoms with Crippen LogP contribution in [0.2, 0.25) is 0 Å². The molecule has 0 bridgehead atoms. The van der Waals surface area contributed by atoms with Gasteiger partial charge in [0.25, 0.3) is 0 Å². The molecule has 1 unspecified atom stereocenters. The summed E-state index contributed by atoms with van der Waals surface area (Å²) < 4.78 is 5.39. The van der Waals surface area contributed by atoms with Gasteiger partial charge in [-0.05, 0) is 13.8 Å². The van der Waals surface area contributed by atoms with E-state index in [1.807, 2.05) is 11.8 Å². The van der Waals surface area contributed by atoms with Crippen LogP contribution in [0.1, 0.15) is 20.3 Å². The summed E-state index contributed by atoms with van der Waals surface area (Å²) >= 11 is 2.02. The molecule has 1 atom stereocenters. The van der Waals surface area contributed by atoms with E-state index in [9.17, 15) is 0 Å². The zero-order valence-corrected chi connectivity index (χ0v) is 7.96. The SMILES string of the molecule is CC1(C)CSC2(CCOC2)N1. The average molecular weight is 173 g/mol. The molecule has 0 aliphatic carbocycles. The van der Waals surface area contributed by atoms with Crippen molar-refractivity contribution in [2.24, 2.45) is 0 Å². The second-order valence-corrected chi connectivity index (χ2v) is 5.45. The zero-order valence-electron chi connectivity index (χ0n) is 7.14. The molecule has 2 saturated heterocycles. The van der Waals surface area contributed by atoms with E-state index >= 15 is 0 Å². The zero-order chi connectivity index (χ0) is 7.95. The van der Waals surface area contributed by atoms with Crippen LogP contribution in [0.25, 0.3) is 0 Å². The molecule has 0 aromatic carbocycles. The van der Waals surface area contributed by atoms with Gasteiger partial charge in [0.15, 0.2) is 0 Å². The third kappa shape index (κ3) is 1.42. The van der Waals surface area contributed by atoms with Gasteiger partial charge in [0, 0.05) is 24.3 Å². The predicted octanol–water partition coefficient (Wildman–Crippen LogP) is 1.22. The van der Waals surface area contributed by atoms with Crippen LogP contribution in [0.5, 0.6) is 0 Å². The lowest BCUT2D eigenvalue weighted by molar-refractivity contribution is 0.182. The van der Waals surface area contributed by atoms with Crippen molar-refractivity contribution in [3.8, 4) is 0 Å². The van der Waals surface area contributed by atoms with Gasteiger partial charge in [-0.2, -0.15) is 0 Å². The van der Waals surface area contributed by atoms with Gasteiger partial charge in [-0.25, -0.2) is 0 Å². The summed E-state index contributed by atoms with van der Waals surface area (Å²) in [5.41, 5.74) is 0.304. The third-order valence-electron chi connectivity index (χ3n) is 2.26. The standard InChI is InChI=1S/C8H15NOS/c1-7(2)6-11-8(9-7)3-4-10-5-8/h9H,3-6H2,1-2H3. The number of thioether (sulfide) groups is 1. The minimum absolute atomic E-state index is 0.267. The largest absolute Gasteiger partial charge is 0.379 e. The van der Waals surface area contributed by atoms with Gasteiger partial charge in [0.05, 0.1) is 11.5 Å². The van der Waals surface area contributed by atoms with E-state index in [0.29, 0.717) is 5.54 Å². The number of ether oxygens (including phenoxy) is 1. The van der Waals surface area contributed by atoms with Crippen LogP contribution in [0, 0.1) is 0 Å². The van der Waals surface area contributed by atoms with Gasteiger partial charge in [-0.15, -0.1) is 11.8 Å². The van der Waals surface area contributed by atoms with Crippen molar-refractivity contribution >= 4 is 11.8 Å². The predicted molar refractivity (Wildman–Crippen MR) is 47.8 cm³/mol. The van der Waals surface area contributed by atoms with E-state index in [-0.39, 0.29) is 4.87 Å². The Hall–Kier alpha value is 0.270. The van der Waals surface area contributed by atoms with Crippen molar-refractivity contribution in [2.45, 2.75) is 30.7 Å². The summed E-state index contributed by atoms with van der Waals surface area (Å²) in [7, 11) is 0. The highest BCUT2D eigenvalue weighted by Gasteiger charge is 2.45. The van der Waals surface area contributed by atoms with Crippen LogP contribution in [0.3, 0.4) is 0 Å². The molecular formula is C8H15NOS. The first-order valence-corrected chi connectivity index (χ1v) is 5.12. The maximum Gasteiger partial charge on any atom is 0.0908 e. The third-order valence-corrected chi connectivity index (χ3v) is 4.10. The Labute approximate surface area is 72.1 Å². The number of nitrogens with one attached hydrogen (secondary N) is 1. The topological polar surface area (TPSA) is 21.3 Å². The molecule has 3 heteroatoms. The molecule has 64 valence electrons. The maximum absolute atomic E-state index is 5.39. The Morgan fingerprint density at radius 2 is 2.27 bits per heavy atom. The molecule has 1 spiro atoms. The molecule has 2 heterocycles. The maximum atomic E-state index is 5.39. The first-order chi connectivity index (χ1) is 5.12. The molecular weight excluding hydrogens is 158 g/mol. The Morgan fingerprint density at radius 3 is 2.73 bits per heavy atom. The molecule has 0 amide bonds. The summed E-state index contributed by atoms with van der Waals surface area (Å²) in [6.45, 7) is 6.33. The van der Waals surface area contributed by atoms with Crippen LogP contribution in [0.4, 0.5) is 0 Å². The summed E-state index contributed by atoms with van der Waals surface area (Å²) in [5.74, 6) is 1.20. The lowest BCUT2D eigenvalue weighted by atomic mass is 10.1. The average Bonchev–Trinajstić information content (AvgIpc) is 2.43. The molecule has 0 saturated carbocycles. The minimum atomic E-state index is 0.267. The molecule has 1 N–H and O–H groups in total. The van der Waals surface area contributed by atoms with E-state index in [1.165, 1.54) is 12.2 Å². The van der Waals surface area contributed by atoms with Crippen molar-refractivity contribution in [3.05, 3.63) is 0 Å². The monoisotopic (exact) mass is 173 g/mol. The Bertz CT molecular complexity index is 163. The highest BCUT2D eigenvalue weighted by Crippen LogP contribution is 2.40. The number of rotatable bonds is 0. The smallest absolute Gasteiger partial charge is 0.0908 e. The highest BCUT2D eigenvalue weighted by atomic mass is 32.2. The molecule has 0 radical (unpaired) electrons. The van der Waals surface area contributed by atoms with Crippen molar-refractivity contribution < 1.29 is 4.74 Å². The van der Waals surface area contributed by atoms with Gasteiger partial charge in [0.2, 0.25) is 0 Å². The van der Waals surface area contributed by atoms with Crippen LogP contribution in [-0.2, 0) is 4.74 Å².